The van der Waals surface area contributed by atoms with Gasteiger partial charge in [-0.15, -0.1) is 24.8 Å². The van der Waals surface area contributed by atoms with Crippen LogP contribution >= 0.6 is 24.8 Å². The van der Waals surface area contributed by atoms with E-state index in [0.717, 1.165) is 43.0 Å². The van der Waals surface area contributed by atoms with Crippen LogP contribution in [-0.2, 0) is 4.79 Å². The van der Waals surface area contributed by atoms with Crippen molar-refractivity contribution in [2.24, 2.45) is 0 Å². The summed E-state index contributed by atoms with van der Waals surface area (Å²) in [6.07, 6.45) is 0. The molecule has 0 saturated carbocycles. The maximum Gasteiger partial charge on any atom is 0.238 e. The Bertz CT molecular complexity index is 477. The molecule has 1 heterocycles. The average Bonchev–Trinajstić information content (AvgIpc) is 2.36. The number of amides is 1. The molecule has 0 spiro atoms. The van der Waals surface area contributed by atoms with Crippen LogP contribution in [0.4, 0.5) is 5.69 Å². The van der Waals surface area contributed by atoms with Gasteiger partial charge in [0.25, 0.3) is 0 Å². The van der Waals surface area contributed by atoms with Gasteiger partial charge in [0.05, 0.1) is 6.54 Å². The lowest BCUT2D eigenvalue weighted by Gasteiger charge is -2.31. The van der Waals surface area contributed by atoms with E-state index in [1.807, 2.05) is 13.8 Å². The molecule has 1 amide bonds. The van der Waals surface area contributed by atoms with Gasteiger partial charge >= 0.3 is 0 Å². The molecule has 1 fully saturated rings. The molecule has 6 heteroatoms. The van der Waals surface area contributed by atoms with Crippen LogP contribution in [0.5, 0.6) is 0 Å². The number of carbonyl (C=O) groups excluding carboxylic acids is 1. The number of piperazine rings is 1. The summed E-state index contributed by atoms with van der Waals surface area (Å²) in [6.45, 7) is 10.7. The standard InChI is InChI=1S/C16H25N3O.2ClH/c1-12-9-13(2)16(14(3)10-12)17-15(20)11-19-7-5-18(4)6-8-19;;/h9-10H,5-8,11H2,1-4H3,(H,17,20);2*1H. The molecular weight excluding hydrogens is 321 g/mol. The zero-order chi connectivity index (χ0) is 14.7. The molecule has 0 unspecified atom stereocenters. The lowest BCUT2D eigenvalue weighted by atomic mass is 10.1. The first-order chi connectivity index (χ1) is 9.45. The second kappa shape index (κ2) is 9.36. The highest BCUT2D eigenvalue weighted by Gasteiger charge is 2.17. The molecule has 1 aromatic carbocycles. The summed E-state index contributed by atoms with van der Waals surface area (Å²) in [5.41, 5.74) is 4.47. The number of hydrogen-bond acceptors (Lipinski definition) is 3. The number of aryl methyl sites for hydroxylation is 3. The lowest BCUT2D eigenvalue weighted by Crippen LogP contribution is -2.47. The Morgan fingerprint density at radius 3 is 2.05 bits per heavy atom. The molecule has 2 rings (SSSR count). The molecule has 0 aromatic heterocycles. The summed E-state index contributed by atoms with van der Waals surface area (Å²) in [5, 5.41) is 3.07. The number of hydrogen-bond donors (Lipinski definition) is 1. The van der Waals surface area contributed by atoms with Crippen LogP contribution in [0.1, 0.15) is 16.7 Å². The second-order valence-electron chi connectivity index (χ2n) is 5.90. The number of carbonyl (C=O) groups is 1. The fraction of sp³-hybridized carbons (Fsp3) is 0.562. The van der Waals surface area contributed by atoms with E-state index in [2.05, 4.69) is 41.2 Å². The number of likely N-dealkylation sites (N-methyl/N-ethyl adjacent to an activating group) is 1. The summed E-state index contributed by atoms with van der Waals surface area (Å²) in [4.78, 5) is 16.7. The van der Waals surface area contributed by atoms with Crippen molar-refractivity contribution in [3.05, 3.63) is 28.8 Å². The van der Waals surface area contributed by atoms with Crippen molar-refractivity contribution in [3.8, 4) is 0 Å². The first-order valence-electron chi connectivity index (χ1n) is 7.24. The molecule has 22 heavy (non-hydrogen) atoms. The van der Waals surface area contributed by atoms with Crippen LogP contribution < -0.4 is 5.32 Å². The second-order valence-corrected chi connectivity index (χ2v) is 5.90. The predicted octanol–water partition coefficient (Wildman–Crippen LogP) is 2.64. The van der Waals surface area contributed by atoms with Gasteiger partial charge in [-0.25, -0.2) is 0 Å². The summed E-state index contributed by atoms with van der Waals surface area (Å²) in [6, 6.07) is 4.22. The number of halogens is 2. The smallest absolute Gasteiger partial charge is 0.238 e. The quantitative estimate of drug-likeness (QED) is 0.912. The maximum atomic E-state index is 12.2. The normalized spacial score (nSPS) is 15.6. The van der Waals surface area contributed by atoms with Crippen LogP contribution in [-0.4, -0.2) is 55.5 Å². The van der Waals surface area contributed by atoms with E-state index >= 15 is 0 Å². The Morgan fingerprint density at radius 2 is 1.55 bits per heavy atom. The van der Waals surface area contributed by atoms with Gasteiger partial charge in [0.2, 0.25) is 5.91 Å². The Morgan fingerprint density at radius 1 is 1.05 bits per heavy atom. The third-order valence-corrected chi connectivity index (χ3v) is 3.90. The van der Waals surface area contributed by atoms with E-state index in [9.17, 15) is 4.79 Å². The molecule has 1 N–H and O–H groups in total. The van der Waals surface area contributed by atoms with Crippen LogP contribution in [0.15, 0.2) is 12.1 Å². The minimum atomic E-state index is 0. The fourth-order valence-corrected chi connectivity index (χ4v) is 2.77. The molecule has 1 aromatic rings. The minimum absolute atomic E-state index is 0. The first-order valence-corrected chi connectivity index (χ1v) is 7.24. The van der Waals surface area contributed by atoms with Crippen molar-refractivity contribution >= 4 is 36.4 Å². The van der Waals surface area contributed by atoms with Gasteiger partial charge in [-0.05, 0) is 38.9 Å². The van der Waals surface area contributed by atoms with E-state index in [4.69, 9.17) is 0 Å². The van der Waals surface area contributed by atoms with E-state index in [1.54, 1.807) is 0 Å². The first kappa shape index (κ1) is 21.2. The summed E-state index contributed by atoms with van der Waals surface area (Å²) < 4.78 is 0. The molecule has 4 nitrogen and oxygen atoms in total. The van der Waals surface area contributed by atoms with Crippen LogP contribution in [0, 0.1) is 20.8 Å². The zero-order valence-electron chi connectivity index (χ0n) is 13.8. The number of benzene rings is 1. The third kappa shape index (κ3) is 5.76. The van der Waals surface area contributed by atoms with E-state index in [-0.39, 0.29) is 30.7 Å². The average molecular weight is 348 g/mol. The van der Waals surface area contributed by atoms with Crippen LogP contribution in [0.25, 0.3) is 0 Å². The van der Waals surface area contributed by atoms with Crippen molar-refractivity contribution in [2.45, 2.75) is 20.8 Å². The number of nitrogens with zero attached hydrogens (tertiary/aromatic N) is 2. The number of anilines is 1. The number of nitrogens with one attached hydrogen (secondary N) is 1. The minimum Gasteiger partial charge on any atom is -0.324 e. The summed E-state index contributed by atoms with van der Waals surface area (Å²) in [5.74, 6) is 0.0876. The molecular formula is C16H27Cl2N3O. The highest BCUT2D eigenvalue weighted by atomic mass is 35.5. The Balaban J connectivity index is 0.00000220. The predicted molar refractivity (Wildman–Crippen MR) is 97.7 cm³/mol. The molecule has 1 aliphatic rings. The van der Waals surface area contributed by atoms with Gasteiger partial charge in [-0.1, -0.05) is 17.7 Å². The lowest BCUT2D eigenvalue weighted by molar-refractivity contribution is -0.117. The van der Waals surface area contributed by atoms with Gasteiger partial charge in [-0.2, -0.15) is 0 Å². The van der Waals surface area contributed by atoms with E-state index < -0.39 is 0 Å². The SMILES string of the molecule is Cc1cc(C)c(NC(=O)CN2CCN(C)CC2)c(C)c1.Cl.Cl. The fourth-order valence-electron chi connectivity index (χ4n) is 2.77. The molecule has 126 valence electrons. The van der Waals surface area contributed by atoms with E-state index in [0.29, 0.717) is 6.54 Å². The summed E-state index contributed by atoms with van der Waals surface area (Å²) in [7, 11) is 2.12. The largest absolute Gasteiger partial charge is 0.324 e. The van der Waals surface area contributed by atoms with Crippen LogP contribution in [0.3, 0.4) is 0 Å². The molecule has 0 bridgehead atoms. The Hall–Kier alpha value is -0.810. The van der Waals surface area contributed by atoms with Gasteiger partial charge in [0.1, 0.15) is 0 Å². The monoisotopic (exact) mass is 347 g/mol. The van der Waals surface area contributed by atoms with Gasteiger partial charge in [0, 0.05) is 31.9 Å². The Labute approximate surface area is 146 Å². The van der Waals surface area contributed by atoms with Crippen molar-refractivity contribution in [1.82, 2.24) is 9.80 Å². The van der Waals surface area contributed by atoms with Crippen molar-refractivity contribution in [3.63, 3.8) is 0 Å². The van der Waals surface area contributed by atoms with Crippen molar-refractivity contribution < 1.29 is 4.79 Å². The molecule has 0 radical (unpaired) electrons. The Kier molecular flexibility index (Phi) is 9.01. The van der Waals surface area contributed by atoms with Gasteiger partial charge in [-0.3, -0.25) is 9.69 Å². The topological polar surface area (TPSA) is 35.6 Å². The molecule has 1 saturated heterocycles. The zero-order valence-corrected chi connectivity index (χ0v) is 15.4. The van der Waals surface area contributed by atoms with Crippen LogP contribution in [0.2, 0.25) is 0 Å². The molecule has 1 aliphatic heterocycles. The maximum absolute atomic E-state index is 12.2. The molecule has 0 aliphatic carbocycles. The van der Waals surface area contributed by atoms with E-state index in [1.165, 1.54) is 5.56 Å². The summed E-state index contributed by atoms with van der Waals surface area (Å²) >= 11 is 0. The van der Waals surface area contributed by atoms with Crippen molar-refractivity contribution in [1.29, 1.82) is 0 Å². The van der Waals surface area contributed by atoms with Gasteiger partial charge < -0.3 is 10.2 Å². The third-order valence-electron chi connectivity index (χ3n) is 3.90. The molecule has 0 atom stereocenters. The van der Waals surface area contributed by atoms with Crippen molar-refractivity contribution in [2.75, 3.05) is 45.1 Å². The highest BCUT2D eigenvalue weighted by molar-refractivity contribution is 5.93. The number of rotatable bonds is 3. The highest BCUT2D eigenvalue weighted by Crippen LogP contribution is 2.21. The van der Waals surface area contributed by atoms with Gasteiger partial charge in [0.15, 0.2) is 0 Å².